The van der Waals surface area contributed by atoms with Crippen LogP contribution in [-0.4, -0.2) is 63.6 Å². The number of benzene rings is 2. The second-order valence-electron chi connectivity index (χ2n) is 6.93. The molecule has 176 valence electrons. The number of nitro benzene ring substituents is 4. The summed E-state index contributed by atoms with van der Waals surface area (Å²) in [6.45, 7) is -0.165. The van der Waals surface area contributed by atoms with Gasteiger partial charge >= 0.3 is 6.09 Å². The molecule has 0 saturated heterocycles. The van der Waals surface area contributed by atoms with Crippen molar-refractivity contribution in [3.8, 4) is 11.1 Å². The molecule has 34 heavy (non-hydrogen) atoms. The third-order valence-corrected chi connectivity index (χ3v) is 4.97. The number of rotatable bonds is 7. The fourth-order valence-corrected chi connectivity index (χ4v) is 3.50. The van der Waals surface area contributed by atoms with Crippen LogP contribution in [0.5, 0.6) is 0 Å². The Bertz CT molecular complexity index is 1220. The van der Waals surface area contributed by atoms with Crippen molar-refractivity contribution in [1.29, 1.82) is 0 Å². The molecule has 0 aromatic heterocycles. The van der Waals surface area contributed by atoms with Crippen molar-refractivity contribution < 1.29 is 29.2 Å². The van der Waals surface area contributed by atoms with E-state index in [1.807, 2.05) is 0 Å². The smallest absolute Gasteiger partial charge is 0.409 e. The fourth-order valence-electron chi connectivity index (χ4n) is 3.50. The van der Waals surface area contributed by atoms with Crippen LogP contribution < -0.4 is 0 Å². The van der Waals surface area contributed by atoms with E-state index in [2.05, 4.69) is 9.73 Å². The summed E-state index contributed by atoms with van der Waals surface area (Å²) in [5.74, 6) is 0. The summed E-state index contributed by atoms with van der Waals surface area (Å²) in [6, 6.07) is 3.23. The standard InChI is InChI=1S/C18H14N6O10/c1-20(18(25)34-2)4-3-19-17-11-5-9(21(26)27)7-13(23(30)31)15(11)16-12(17)6-10(22(28)29)8-14(16)24(32)33/h5-8H,3-4H2,1-2H3. The number of nitro groups is 4. The highest BCUT2D eigenvalue weighted by molar-refractivity contribution is 6.27. The number of fused-ring (bicyclic) bond motifs is 3. The molecule has 1 aliphatic carbocycles. The Hall–Kier alpha value is -5.02. The molecule has 2 aromatic carbocycles. The van der Waals surface area contributed by atoms with E-state index in [9.17, 15) is 45.3 Å². The van der Waals surface area contributed by atoms with Crippen LogP contribution in [0.3, 0.4) is 0 Å². The SMILES string of the molecule is COC(=O)N(C)CCN=C1c2cc([N+](=O)[O-])cc([N+](=O)[O-])c2-c2c1cc([N+](=O)[O-])cc2[N+](=O)[O-]. The fraction of sp³-hybridized carbons (Fsp3) is 0.222. The summed E-state index contributed by atoms with van der Waals surface area (Å²) in [5.41, 5.74) is -4.04. The highest BCUT2D eigenvalue weighted by Gasteiger charge is 2.41. The minimum atomic E-state index is -0.936. The van der Waals surface area contributed by atoms with E-state index in [0.717, 1.165) is 24.1 Å². The average Bonchev–Trinajstić information content (AvgIpc) is 3.10. The van der Waals surface area contributed by atoms with Crippen molar-refractivity contribution in [3.63, 3.8) is 0 Å². The van der Waals surface area contributed by atoms with Gasteiger partial charge in [-0.2, -0.15) is 0 Å². The first-order valence-electron chi connectivity index (χ1n) is 9.26. The lowest BCUT2D eigenvalue weighted by molar-refractivity contribution is -0.395. The Morgan fingerprint density at radius 2 is 1.29 bits per heavy atom. The summed E-state index contributed by atoms with van der Waals surface area (Å²) < 4.78 is 4.55. The van der Waals surface area contributed by atoms with Crippen molar-refractivity contribution in [3.05, 3.63) is 75.8 Å². The number of nitrogens with zero attached hydrogens (tertiary/aromatic N) is 6. The first-order valence-corrected chi connectivity index (χ1v) is 9.26. The summed E-state index contributed by atoms with van der Waals surface area (Å²) in [7, 11) is 2.55. The number of hydrogen-bond acceptors (Lipinski definition) is 11. The van der Waals surface area contributed by atoms with Gasteiger partial charge in [-0.15, -0.1) is 0 Å². The molecule has 1 amide bonds. The molecule has 3 rings (SSSR count). The zero-order chi connectivity index (χ0) is 25.3. The van der Waals surface area contributed by atoms with Gasteiger partial charge in [-0.3, -0.25) is 45.4 Å². The highest BCUT2D eigenvalue weighted by atomic mass is 16.6. The van der Waals surface area contributed by atoms with Crippen LogP contribution >= 0.6 is 0 Å². The van der Waals surface area contributed by atoms with Crippen LogP contribution in [-0.2, 0) is 4.74 Å². The van der Waals surface area contributed by atoms with Gasteiger partial charge < -0.3 is 9.64 Å². The lowest BCUT2D eigenvalue weighted by Gasteiger charge is -2.13. The van der Waals surface area contributed by atoms with Gasteiger partial charge in [0, 0.05) is 36.9 Å². The van der Waals surface area contributed by atoms with Gasteiger partial charge in [0.25, 0.3) is 22.7 Å². The van der Waals surface area contributed by atoms with E-state index in [1.165, 1.54) is 7.05 Å². The summed E-state index contributed by atoms with van der Waals surface area (Å²) in [6.07, 6.45) is -0.690. The molecule has 0 fully saturated rings. The molecule has 0 unspecified atom stereocenters. The minimum absolute atomic E-state index is 0.0190. The quantitative estimate of drug-likeness (QED) is 0.360. The average molecular weight is 474 g/mol. The molecule has 16 heteroatoms. The monoisotopic (exact) mass is 474 g/mol. The lowest BCUT2D eigenvalue weighted by atomic mass is 10.0. The molecule has 0 saturated carbocycles. The number of methoxy groups -OCH3 is 1. The van der Waals surface area contributed by atoms with E-state index in [0.29, 0.717) is 12.1 Å². The van der Waals surface area contributed by atoms with Crippen molar-refractivity contribution in [2.24, 2.45) is 4.99 Å². The van der Waals surface area contributed by atoms with Crippen LogP contribution in [0.4, 0.5) is 27.5 Å². The number of ether oxygens (including phenoxy) is 1. The summed E-state index contributed by atoms with van der Waals surface area (Å²) >= 11 is 0. The number of carbonyl (C=O) groups excluding carboxylic acids is 1. The number of carbonyl (C=O) groups is 1. The Balaban J connectivity index is 2.34. The van der Waals surface area contributed by atoms with Gasteiger partial charge in [-0.25, -0.2) is 4.79 Å². The largest absolute Gasteiger partial charge is 0.453 e. The maximum Gasteiger partial charge on any atom is 0.409 e. The van der Waals surface area contributed by atoms with Gasteiger partial charge in [0.15, 0.2) is 0 Å². The molecule has 0 N–H and O–H groups in total. The predicted octanol–water partition coefficient (Wildman–Crippen LogP) is 2.84. The topological polar surface area (TPSA) is 214 Å². The Kier molecular flexibility index (Phi) is 6.15. The molecule has 0 heterocycles. The molecule has 16 nitrogen and oxygen atoms in total. The van der Waals surface area contributed by atoms with Crippen molar-refractivity contribution in [2.75, 3.05) is 27.2 Å². The zero-order valence-corrected chi connectivity index (χ0v) is 17.5. The van der Waals surface area contributed by atoms with Crippen LogP contribution in [0.15, 0.2) is 29.3 Å². The summed E-state index contributed by atoms with van der Waals surface area (Å²) in [4.78, 5) is 59.5. The van der Waals surface area contributed by atoms with Gasteiger partial charge in [0.05, 0.1) is 62.3 Å². The highest BCUT2D eigenvalue weighted by Crippen LogP contribution is 2.50. The minimum Gasteiger partial charge on any atom is -0.453 e. The van der Waals surface area contributed by atoms with E-state index >= 15 is 0 Å². The van der Waals surface area contributed by atoms with E-state index in [1.54, 1.807) is 0 Å². The molecule has 0 bridgehead atoms. The third-order valence-electron chi connectivity index (χ3n) is 4.97. The second-order valence-corrected chi connectivity index (χ2v) is 6.93. The Labute approximate surface area is 188 Å². The predicted molar refractivity (Wildman–Crippen MR) is 114 cm³/mol. The Morgan fingerprint density at radius 1 is 0.853 bits per heavy atom. The first-order chi connectivity index (χ1) is 16.0. The van der Waals surface area contributed by atoms with Gasteiger partial charge in [-0.05, 0) is 0 Å². The molecular weight excluding hydrogens is 460 g/mol. The van der Waals surface area contributed by atoms with Crippen LogP contribution in [0.1, 0.15) is 11.1 Å². The van der Waals surface area contributed by atoms with Gasteiger partial charge in [0.1, 0.15) is 0 Å². The number of aliphatic imine (C=N–C) groups is 1. The van der Waals surface area contributed by atoms with Crippen LogP contribution in [0.2, 0.25) is 0 Å². The molecule has 0 aliphatic heterocycles. The van der Waals surface area contributed by atoms with Crippen molar-refractivity contribution in [2.45, 2.75) is 0 Å². The number of amides is 1. The summed E-state index contributed by atoms with van der Waals surface area (Å²) in [5, 5.41) is 46.2. The normalized spacial score (nSPS) is 11.3. The maximum absolute atomic E-state index is 11.7. The zero-order valence-electron chi connectivity index (χ0n) is 17.5. The van der Waals surface area contributed by atoms with E-state index < -0.39 is 48.5 Å². The number of hydrogen-bond donors (Lipinski definition) is 0. The Morgan fingerprint density at radius 3 is 1.65 bits per heavy atom. The van der Waals surface area contributed by atoms with Crippen molar-refractivity contribution >= 4 is 34.6 Å². The molecular formula is C18H14N6O10. The van der Waals surface area contributed by atoms with Crippen LogP contribution in [0, 0.1) is 40.5 Å². The molecule has 0 atom stereocenters. The number of non-ortho nitro benzene ring substituents is 2. The molecule has 2 aromatic rings. The number of likely N-dealkylation sites (N-methyl/N-ethyl adjacent to an activating group) is 1. The molecule has 0 spiro atoms. The van der Waals surface area contributed by atoms with Crippen LogP contribution in [0.25, 0.3) is 11.1 Å². The molecule has 1 aliphatic rings. The van der Waals surface area contributed by atoms with Gasteiger partial charge in [0.2, 0.25) is 0 Å². The maximum atomic E-state index is 11.7. The molecule has 0 radical (unpaired) electrons. The lowest BCUT2D eigenvalue weighted by Crippen LogP contribution is -2.29. The van der Waals surface area contributed by atoms with E-state index in [4.69, 9.17) is 0 Å². The van der Waals surface area contributed by atoms with E-state index in [-0.39, 0.29) is 41.1 Å². The first kappa shape index (κ1) is 23.6. The van der Waals surface area contributed by atoms with Crippen molar-refractivity contribution in [1.82, 2.24) is 4.90 Å². The van der Waals surface area contributed by atoms with Gasteiger partial charge in [-0.1, -0.05) is 0 Å². The second kappa shape index (κ2) is 8.85. The third kappa shape index (κ3) is 4.06.